The molecule has 4 rings (SSSR count). The van der Waals surface area contributed by atoms with E-state index in [1.165, 1.54) is 4.68 Å². The molecule has 0 fully saturated rings. The normalized spacial score (nSPS) is 11.2. The van der Waals surface area contributed by atoms with Crippen LogP contribution >= 0.6 is 0 Å². The summed E-state index contributed by atoms with van der Waals surface area (Å²) in [6, 6.07) is 21.9. The van der Waals surface area contributed by atoms with E-state index in [1.807, 2.05) is 56.3 Å². The van der Waals surface area contributed by atoms with Gasteiger partial charge in [-0.15, -0.1) is 42.0 Å². The van der Waals surface area contributed by atoms with Gasteiger partial charge in [0.05, 0.1) is 11.1 Å². The van der Waals surface area contributed by atoms with Crippen LogP contribution in [-0.4, -0.2) is 19.7 Å². The summed E-state index contributed by atoms with van der Waals surface area (Å²) in [7, 11) is 0. The summed E-state index contributed by atoms with van der Waals surface area (Å²) in [5.41, 5.74) is 2.87. The standard InChI is InChI=1S/C22H16F2N4.Pt/c1-22(2,18-10-6-9-17(25-18)15-7-4-3-5-8-15)19-11-12-28(27-19)16-13-20(23)26-21(24)14-16;/h3-7,9-13H,1-2H3;/q-2;+2. The molecule has 4 nitrogen and oxygen atoms in total. The van der Waals surface area contributed by atoms with Gasteiger partial charge in [-0.3, -0.25) is 4.68 Å². The third kappa shape index (κ3) is 4.32. The molecule has 0 unspecified atom stereocenters. The van der Waals surface area contributed by atoms with Crippen molar-refractivity contribution < 1.29 is 29.8 Å². The predicted molar refractivity (Wildman–Crippen MR) is 101 cm³/mol. The fourth-order valence-electron chi connectivity index (χ4n) is 2.94. The Kier molecular flexibility index (Phi) is 6.04. The van der Waals surface area contributed by atoms with E-state index in [1.54, 1.807) is 12.3 Å². The van der Waals surface area contributed by atoms with Gasteiger partial charge in [0.1, 0.15) is 11.9 Å². The Balaban J connectivity index is 0.00000240. The van der Waals surface area contributed by atoms with E-state index in [4.69, 9.17) is 4.98 Å². The Morgan fingerprint density at radius 3 is 2.52 bits per heavy atom. The number of hydrogen-bond donors (Lipinski definition) is 0. The van der Waals surface area contributed by atoms with Crippen molar-refractivity contribution in [2.45, 2.75) is 19.3 Å². The van der Waals surface area contributed by atoms with Gasteiger partial charge in [-0.1, -0.05) is 17.8 Å². The Morgan fingerprint density at radius 1 is 0.966 bits per heavy atom. The molecular weight excluding hydrogens is 553 g/mol. The molecule has 0 aliphatic carbocycles. The summed E-state index contributed by atoms with van der Waals surface area (Å²) >= 11 is 0. The maximum Gasteiger partial charge on any atom is 2.00 e. The van der Waals surface area contributed by atoms with Gasteiger partial charge >= 0.3 is 21.1 Å². The molecule has 0 aliphatic heterocycles. The minimum atomic E-state index is -1.01. The number of rotatable bonds is 4. The molecule has 3 heterocycles. The largest absolute Gasteiger partial charge is 2.00 e. The third-order valence-electron chi connectivity index (χ3n) is 4.54. The predicted octanol–water partition coefficient (Wildman–Crippen LogP) is 4.53. The molecule has 148 valence electrons. The number of nitrogens with zero attached hydrogens (tertiary/aromatic N) is 4. The smallest absolute Gasteiger partial charge is 0.300 e. The van der Waals surface area contributed by atoms with Crippen LogP contribution in [0.25, 0.3) is 16.9 Å². The minimum absolute atomic E-state index is 0. The third-order valence-corrected chi connectivity index (χ3v) is 4.54. The molecule has 0 bridgehead atoms. The molecule has 1 aromatic carbocycles. The molecule has 29 heavy (non-hydrogen) atoms. The van der Waals surface area contributed by atoms with Crippen molar-refractivity contribution in [2.24, 2.45) is 0 Å². The number of benzene rings is 1. The van der Waals surface area contributed by atoms with E-state index in [9.17, 15) is 8.78 Å². The van der Waals surface area contributed by atoms with Gasteiger partial charge in [0.15, 0.2) is 0 Å². The fraction of sp³-hybridized carbons (Fsp3) is 0.136. The van der Waals surface area contributed by atoms with Crippen LogP contribution < -0.4 is 0 Å². The Labute approximate surface area is 181 Å². The van der Waals surface area contributed by atoms with Crippen molar-refractivity contribution in [3.63, 3.8) is 0 Å². The van der Waals surface area contributed by atoms with Crippen molar-refractivity contribution >= 4 is 0 Å². The van der Waals surface area contributed by atoms with Crippen LogP contribution in [0.1, 0.15) is 25.2 Å². The second kappa shape index (κ2) is 8.34. The summed E-state index contributed by atoms with van der Waals surface area (Å²) in [6.07, 6.45) is 1.64. The van der Waals surface area contributed by atoms with E-state index in [2.05, 4.69) is 22.2 Å². The maximum absolute atomic E-state index is 13.4. The molecule has 0 aliphatic rings. The van der Waals surface area contributed by atoms with Gasteiger partial charge in [-0.05, 0) is 31.7 Å². The van der Waals surface area contributed by atoms with Crippen molar-refractivity contribution in [1.29, 1.82) is 0 Å². The zero-order valence-electron chi connectivity index (χ0n) is 15.6. The summed E-state index contributed by atoms with van der Waals surface area (Å²) < 4.78 is 28.1. The van der Waals surface area contributed by atoms with E-state index in [0.717, 1.165) is 23.0 Å². The quantitative estimate of drug-likeness (QED) is 0.268. The molecule has 0 N–H and O–H groups in total. The van der Waals surface area contributed by atoms with Crippen molar-refractivity contribution in [1.82, 2.24) is 19.7 Å². The number of aromatic nitrogens is 4. The zero-order chi connectivity index (χ0) is 19.7. The molecule has 4 aromatic rings. The average Bonchev–Trinajstić information content (AvgIpc) is 3.19. The number of hydrogen-bond acceptors (Lipinski definition) is 3. The number of pyridine rings is 2. The topological polar surface area (TPSA) is 43.6 Å². The molecule has 0 saturated carbocycles. The van der Waals surface area contributed by atoms with Gasteiger partial charge < -0.3 is 4.98 Å². The van der Waals surface area contributed by atoms with E-state index >= 15 is 0 Å². The van der Waals surface area contributed by atoms with Crippen LogP contribution in [0.15, 0.2) is 60.8 Å². The SMILES string of the molecule is CC(C)(c1cccc(-c2[c-]cccc2)n1)c1ccn(-c2[c-]c(F)nc(F)c2)n1.[Pt+2]. The van der Waals surface area contributed by atoms with Crippen LogP contribution in [0.2, 0.25) is 0 Å². The fourth-order valence-corrected chi connectivity index (χ4v) is 2.94. The molecule has 0 atom stereocenters. The van der Waals surface area contributed by atoms with Gasteiger partial charge in [0.2, 0.25) is 0 Å². The minimum Gasteiger partial charge on any atom is -0.300 e. The Hall–Kier alpha value is -2.72. The van der Waals surface area contributed by atoms with Crippen LogP contribution in [0, 0.1) is 24.0 Å². The van der Waals surface area contributed by atoms with Gasteiger partial charge in [0, 0.05) is 11.9 Å². The maximum atomic E-state index is 13.4. The number of halogens is 2. The second-order valence-electron chi connectivity index (χ2n) is 6.83. The summed E-state index contributed by atoms with van der Waals surface area (Å²) in [5.74, 6) is -1.93. The van der Waals surface area contributed by atoms with E-state index < -0.39 is 17.3 Å². The first-order chi connectivity index (χ1) is 13.4. The van der Waals surface area contributed by atoms with Gasteiger partial charge in [-0.2, -0.15) is 11.2 Å². The Morgan fingerprint density at radius 2 is 1.79 bits per heavy atom. The summed E-state index contributed by atoms with van der Waals surface area (Å²) in [6.45, 7) is 4.00. The zero-order valence-corrected chi connectivity index (χ0v) is 17.9. The first-order valence-corrected chi connectivity index (χ1v) is 8.70. The van der Waals surface area contributed by atoms with Crippen LogP contribution in [0.4, 0.5) is 8.78 Å². The molecule has 0 amide bonds. The molecule has 0 saturated heterocycles. The van der Waals surface area contributed by atoms with Crippen molar-refractivity contribution in [3.05, 3.63) is 96.2 Å². The van der Waals surface area contributed by atoms with Crippen molar-refractivity contribution in [2.75, 3.05) is 0 Å². The molecule has 0 spiro atoms. The molecule has 3 aromatic heterocycles. The molecule has 7 heteroatoms. The van der Waals surface area contributed by atoms with Crippen LogP contribution in [-0.2, 0) is 26.5 Å². The van der Waals surface area contributed by atoms with Gasteiger partial charge in [0.25, 0.3) is 0 Å². The molecule has 0 radical (unpaired) electrons. The average molecular weight is 569 g/mol. The van der Waals surface area contributed by atoms with Crippen molar-refractivity contribution in [3.8, 4) is 16.9 Å². The summed E-state index contributed by atoms with van der Waals surface area (Å²) in [4.78, 5) is 7.84. The van der Waals surface area contributed by atoms with Crippen LogP contribution in [0.5, 0.6) is 0 Å². The summed E-state index contributed by atoms with van der Waals surface area (Å²) in [5, 5.41) is 4.49. The van der Waals surface area contributed by atoms with E-state index in [-0.39, 0.29) is 26.8 Å². The van der Waals surface area contributed by atoms with Crippen LogP contribution in [0.3, 0.4) is 0 Å². The Bertz CT molecular complexity index is 1110. The monoisotopic (exact) mass is 569 g/mol. The second-order valence-corrected chi connectivity index (χ2v) is 6.83. The first-order valence-electron chi connectivity index (χ1n) is 8.70. The first kappa shape index (κ1) is 21.0. The molecular formula is C22H16F2N4Pt. The van der Waals surface area contributed by atoms with E-state index in [0.29, 0.717) is 5.69 Å². The van der Waals surface area contributed by atoms with Gasteiger partial charge in [-0.25, -0.2) is 13.8 Å².